The van der Waals surface area contributed by atoms with Gasteiger partial charge in [0.15, 0.2) is 6.61 Å². The molecule has 0 saturated carbocycles. The lowest BCUT2D eigenvalue weighted by Crippen LogP contribution is -2.32. The van der Waals surface area contributed by atoms with Gasteiger partial charge >= 0.3 is 11.8 Å². The van der Waals surface area contributed by atoms with Crippen LogP contribution < -0.4 is 20.8 Å². The summed E-state index contributed by atoms with van der Waals surface area (Å²) in [7, 11) is 0. The number of halogens is 2. The molecule has 0 aliphatic rings. The molecule has 0 spiro atoms. The van der Waals surface area contributed by atoms with Crippen molar-refractivity contribution in [1.29, 1.82) is 0 Å². The van der Waals surface area contributed by atoms with E-state index in [9.17, 15) is 14.4 Å². The first kappa shape index (κ1) is 24.8. The van der Waals surface area contributed by atoms with Crippen LogP contribution in [0.1, 0.15) is 11.1 Å². The van der Waals surface area contributed by atoms with E-state index in [1.54, 1.807) is 73.7 Å². The molecule has 0 aliphatic carbocycles. The standard InChI is InChI=1S/C24H20Cl2N4O4/c1-15-6-9-17(25)12-21(15)29-23(32)24(33)30-27-13-16-7-10-18(11-8-16)34-14-22(31)28-20-5-3-2-4-19(20)26/h2-13H,14H2,1H3,(H,28,31)(H,29,32)(H,30,33)/b27-13-. The molecule has 3 aromatic rings. The summed E-state index contributed by atoms with van der Waals surface area (Å²) in [6.07, 6.45) is 1.36. The maximum Gasteiger partial charge on any atom is 0.329 e. The van der Waals surface area contributed by atoms with E-state index in [-0.39, 0.29) is 12.5 Å². The summed E-state index contributed by atoms with van der Waals surface area (Å²) >= 11 is 11.9. The average Bonchev–Trinajstić information content (AvgIpc) is 2.82. The molecule has 0 unspecified atom stereocenters. The van der Waals surface area contributed by atoms with Crippen molar-refractivity contribution in [2.45, 2.75) is 6.92 Å². The zero-order valence-electron chi connectivity index (χ0n) is 18.0. The Hall–Kier alpha value is -3.88. The van der Waals surface area contributed by atoms with Gasteiger partial charge in [-0.05, 0) is 66.6 Å². The number of rotatable bonds is 7. The number of carbonyl (C=O) groups excluding carboxylic acids is 3. The molecule has 0 radical (unpaired) electrons. The summed E-state index contributed by atoms with van der Waals surface area (Å²) < 4.78 is 5.45. The number of aryl methyl sites for hydroxylation is 1. The molecule has 3 rings (SSSR count). The molecule has 0 saturated heterocycles. The molecule has 34 heavy (non-hydrogen) atoms. The van der Waals surface area contributed by atoms with Gasteiger partial charge in [0.1, 0.15) is 5.75 Å². The zero-order valence-corrected chi connectivity index (χ0v) is 19.5. The lowest BCUT2D eigenvalue weighted by molar-refractivity contribution is -0.136. The first-order valence-corrected chi connectivity index (χ1v) is 10.7. The van der Waals surface area contributed by atoms with Crippen LogP contribution in [0.4, 0.5) is 11.4 Å². The van der Waals surface area contributed by atoms with E-state index in [1.807, 2.05) is 0 Å². The summed E-state index contributed by atoms with van der Waals surface area (Å²) in [5.74, 6) is -1.69. The summed E-state index contributed by atoms with van der Waals surface area (Å²) in [5, 5.41) is 9.79. The van der Waals surface area contributed by atoms with Crippen molar-refractivity contribution < 1.29 is 19.1 Å². The predicted molar refractivity (Wildman–Crippen MR) is 133 cm³/mol. The van der Waals surface area contributed by atoms with Crippen LogP contribution in [0.3, 0.4) is 0 Å². The van der Waals surface area contributed by atoms with E-state index >= 15 is 0 Å². The van der Waals surface area contributed by atoms with E-state index in [4.69, 9.17) is 27.9 Å². The van der Waals surface area contributed by atoms with Crippen LogP contribution in [0.25, 0.3) is 0 Å². The number of ether oxygens (including phenoxy) is 1. The third kappa shape index (κ3) is 7.33. The second-order valence-electron chi connectivity index (χ2n) is 7.00. The Morgan fingerprint density at radius 3 is 2.38 bits per heavy atom. The fourth-order valence-electron chi connectivity index (χ4n) is 2.67. The van der Waals surface area contributed by atoms with Gasteiger partial charge in [-0.3, -0.25) is 14.4 Å². The summed E-state index contributed by atoms with van der Waals surface area (Å²) in [4.78, 5) is 36.0. The molecule has 174 valence electrons. The number of anilines is 2. The van der Waals surface area contributed by atoms with Crippen molar-refractivity contribution in [3.8, 4) is 5.75 Å². The van der Waals surface area contributed by atoms with Crippen molar-refractivity contribution >= 4 is 58.5 Å². The van der Waals surface area contributed by atoms with Gasteiger partial charge in [0.25, 0.3) is 5.91 Å². The monoisotopic (exact) mass is 498 g/mol. The summed E-state index contributed by atoms with van der Waals surface area (Å²) in [5.41, 5.74) is 4.50. The number of hydrogen-bond acceptors (Lipinski definition) is 5. The Balaban J connectivity index is 1.45. The van der Waals surface area contributed by atoms with Gasteiger partial charge in [-0.15, -0.1) is 0 Å². The van der Waals surface area contributed by atoms with Crippen LogP contribution in [0.2, 0.25) is 10.0 Å². The molecule has 0 atom stereocenters. The molecule has 0 fully saturated rings. The van der Waals surface area contributed by atoms with Crippen LogP contribution in [-0.2, 0) is 14.4 Å². The highest BCUT2D eigenvalue weighted by molar-refractivity contribution is 6.40. The molecule has 3 N–H and O–H groups in total. The molecule has 0 aliphatic heterocycles. The highest BCUT2D eigenvalue weighted by Gasteiger charge is 2.14. The average molecular weight is 499 g/mol. The van der Waals surface area contributed by atoms with E-state index in [0.29, 0.717) is 32.7 Å². The van der Waals surface area contributed by atoms with Gasteiger partial charge in [0, 0.05) is 10.7 Å². The largest absolute Gasteiger partial charge is 0.484 e. The third-order valence-electron chi connectivity index (χ3n) is 4.43. The van der Waals surface area contributed by atoms with Crippen molar-refractivity contribution in [2.24, 2.45) is 5.10 Å². The Kier molecular flexibility index (Phi) is 8.61. The molecule has 8 nitrogen and oxygen atoms in total. The first-order valence-electron chi connectivity index (χ1n) is 9.99. The first-order chi connectivity index (χ1) is 16.3. The molecule has 0 bridgehead atoms. The minimum atomic E-state index is -0.930. The van der Waals surface area contributed by atoms with Crippen LogP contribution in [0.15, 0.2) is 71.8 Å². The number of carbonyl (C=O) groups is 3. The van der Waals surface area contributed by atoms with Crippen LogP contribution >= 0.6 is 23.2 Å². The minimum absolute atomic E-state index is 0.198. The number of nitrogens with zero attached hydrogens (tertiary/aromatic N) is 1. The lowest BCUT2D eigenvalue weighted by atomic mass is 10.2. The van der Waals surface area contributed by atoms with E-state index in [2.05, 4.69) is 21.2 Å². The Labute approximate surface area is 205 Å². The number of hydrazone groups is 1. The van der Waals surface area contributed by atoms with Crippen molar-refractivity contribution in [3.05, 3.63) is 87.9 Å². The highest BCUT2D eigenvalue weighted by Crippen LogP contribution is 2.21. The minimum Gasteiger partial charge on any atom is -0.484 e. The molecule has 0 heterocycles. The van der Waals surface area contributed by atoms with Gasteiger partial charge in [0.2, 0.25) is 0 Å². The number of nitrogens with one attached hydrogen (secondary N) is 3. The van der Waals surface area contributed by atoms with Gasteiger partial charge in [0.05, 0.1) is 16.9 Å². The molecular weight excluding hydrogens is 479 g/mol. The number of hydrogen-bond donors (Lipinski definition) is 3. The molecule has 3 aromatic carbocycles. The molecule has 10 heteroatoms. The predicted octanol–water partition coefficient (Wildman–Crippen LogP) is 4.41. The molecular formula is C24H20Cl2N4O4. The van der Waals surface area contributed by atoms with Gasteiger partial charge in [-0.25, -0.2) is 5.43 Å². The smallest absolute Gasteiger partial charge is 0.329 e. The van der Waals surface area contributed by atoms with E-state index in [1.165, 1.54) is 6.21 Å². The normalized spacial score (nSPS) is 10.6. The number of benzene rings is 3. The van der Waals surface area contributed by atoms with Crippen LogP contribution in [-0.4, -0.2) is 30.5 Å². The summed E-state index contributed by atoms with van der Waals surface area (Å²) in [6, 6.07) is 18.5. The van der Waals surface area contributed by atoms with Crippen LogP contribution in [0.5, 0.6) is 5.75 Å². The van der Waals surface area contributed by atoms with Gasteiger partial charge in [-0.1, -0.05) is 41.4 Å². The number of para-hydroxylation sites is 1. The van der Waals surface area contributed by atoms with E-state index in [0.717, 1.165) is 5.56 Å². The Morgan fingerprint density at radius 2 is 1.65 bits per heavy atom. The maximum atomic E-state index is 12.0. The Bertz CT molecular complexity index is 1230. The topological polar surface area (TPSA) is 109 Å². The fraction of sp³-hybridized carbons (Fsp3) is 0.0833. The zero-order chi connectivity index (χ0) is 24.5. The van der Waals surface area contributed by atoms with Gasteiger partial charge < -0.3 is 15.4 Å². The quantitative estimate of drug-likeness (QED) is 0.254. The van der Waals surface area contributed by atoms with Crippen molar-refractivity contribution in [2.75, 3.05) is 17.2 Å². The number of amides is 3. The molecule has 0 aromatic heterocycles. The highest BCUT2D eigenvalue weighted by atomic mass is 35.5. The van der Waals surface area contributed by atoms with Gasteiger partial charge in [-0.2, -0.15) is 5.10 Å². The van der Waals surface area contributed by atoms with E-state index < -0.39 is 11.8 Å². The second kappa shape index (κ2) is 11.8. The summed E-state index contributed by atoms with van der Waals surface area (Å²) in [6.45, 7) is 1.58. The third-order valence-corrected chi connectivity index (χ3v) is 5.00. The maximum absolute atomic E-state index is 12.0. The second-order valence-corrected chi connectivity index (χ2v) is 7.84. The molecule has 3 amide bonds. The van der Waals surface area contributed by atoms with Crippen molar-refractivity contribution in [1.82, 2.24) is 5.43 Å². The van der Waals surface area contributed by atoms with Crippen molar-refractivity contribution in [3.63, 3.8) is 0 Å². The SMILES string of the molecule is Cc1ccc(Cl)cc1NC(=O)C(=O)N/N=C\c1ccc(OCC(=O)Nc2ccccc2Cl)cc1. The van der Waals surface area contributed by atoms with Crippen LogP contribution in [0, 0.1) is 6.92 Å². The lowest BCUT2D eigenvalue weighted by Gasteiger charge is -2.09. The Morgan fingerprint density at radius 1 is 0.912 bits per heavy atom. The fourth-order valence-corrected chi connectivity index (χ4v) is 3.03.